The number of hydrogen-bond donors (Lipinski definition) is 1. The van der Waals surface area contributed by atoms with Crippen LogP contribution < -0.4 is 9.46 Å². The molecule has 0 saturated carbocycles. The largest absolute Gasteiger partial charge is 0.495 e. The van der Waals surface area contributed by atoms with Crippen molar-refractivity contribution in [1.29, 1.82) is 0 Å². The highest BCUT2D eigenvalue weighted by molar-refractivity contribution is 7.89. The normalized spacial score (nSPS) is 12.2. The minimum absolute atomic E-state index is 0.151. The third kappa shape index (κ3) is 3.46. The molecule has 5 heteroatoms. The summed E-state index contributed by atoms with van der Waals surface area (Å²) in [5, 5.41) is 0. The maximum absolute atomic E-state index is 12.2. The second-order valence-electron chi connectivity index (χ2n) is 4.84. The Morgan fingerprint density at radius 2 is 1.78 bits per heavy atom. The zero-order valence-electron chi connectivity index (χ0n) is 11.5. The molecule has 0 saturated heterocycles. The Morgan fingerprint density at radius 1 is 1.17 bits per heavy atom. The van der Waals surface area contributed by atoms with Gasteiger partial charge in [-0.1, -0.05) is 19.9 Å². The Bertz CT molecular complexity index is 507. The first-order chi connectivity index (χ1) is 8.27. The zero-order valence-corrected chi connectivity index (χ0v) is 12.3. The summed E-state index contributed by atoms with van der Waals surface area (Å²) < 4.78 is 32.1. The van der Waals surface area contributed by atoms with E-state index in [1.54, 1.807) is 26.0 Å². The molecule has 0 heterocycles. The van der Waals surface area contributed by atoms with Gasteiger partial charge in [-0.2, -0.15) is 0 Å². The monoisotopic (exact) mass is 271 g/mol. The van der Waals surface area contributed by atoms with Crippen LogP contribution in [0.2, 0.25) is 0 Å². The molecule has 0 amide bonds. The highest BCUT2D eigenvalue weighted by atomic mass is 32.2. The second kappa shape index (κ2) is 5.71. The number of sulfonamides is 1. The van der Waals surface area contributed by atoms with Crippen molar-refractivity contribution < 1.29 is 13.2 Å². The van der Waals surface area contributed by atoms with Gasteiger partial charge in [0.25, 0.3) is 0 Å². The lowest BCUT2D eigenvalue weighted by Gasteiger charge is -2.15. The van der Waals surface area contributed by atoms with Crippen molar-refractivity contribution in [2.75, 3.05) is 7.11 Å². The van der Waals surface area contributed by atoms with Crippen LogP contribution >= 0.6 is 0 Å². The van der Waals surface area contributed by atoms with Gasteiger partial charge >= 0.3 is 0 Å². The highest BCUT2D eigenvalue weighted by Crippen LogP contribution is 2.27. The Kier molecular flexibility index (Phi) is 4.76. The summed E-state index contributed by atoms with van der Waals surface area (Å²) in [4.78, 5) is 0.199. The smallest absolute Gasteiger partial charge is 0.244 e. The molecule has 0 fully saturated rings. The lowest BCUT2D eigenvalue weighted by Crippen LogP contribution is -2.30. The SMILES string of the molecule is COc1ccc(C(C)C)cc1S(=O)(=O)NC(C)C. The molecule has 1 aromatic rings. The van der Waals surface area contributed by atoms with Gasteiger partial charge in [-0.05, 0) is 37.5 Å². The third-order valence-corrected chi connectivity index (χ3v) is 4.21. The number of methoxy groups -OCH3 is 1. The van der Waals surface area contributed by atoms with Gasteiger partial charge in [0.05, 0.1) is 7.11 Å². The van der Waals surface area contributed by atoms with Crippen LogP contribution in [0, 0.1) is 0 Å². The summed E-state index contributed by atoms with van der Waals surface area (Å²) in [6.07, 6.45) is 0. The van der Waals surface area contributed by atoms with Crippen molar-refractivity contribution in [3.63, 3.8) is 0 Å². The van der Waals surface area contributed by atoms with E-state index in [0.29, 0.717) is 5.75 Å². The molecule has 102 valence electrons. The van der Waals surface area contributed by atoms with E-state index in [1.807, 2.05) is 19.9 Å². The maximum Gasteiger partial charge on any atom is 0.244 e. The molecule has 0 spiro atoms. The first kappa shape index (κ1) is 15.0. The minimum Gasteiger partial charge on any atom is -0.495 e. The first-order valence-electron chi connectivity index (χ1n) is 5.98. The van der Waals surface area contributed by atoms with Crippen molar-refractivity contribution in [3.05, 3.63) is 23.8 Å². The van der Waals surface area contributed by atoms with E-state index in [4.69, 9.17) is 4.74 Å². The molecule has 0 radical (unpaired) electrons. The highest BCUT2D eigenvalue weighted by Gasteiger charge is 2.21. The fourth-order valence-electron chi connectivity index (χ4n) is 1.64. The molecular weight excluding hydrogens is 250 g/mol. The average Bonchev–Trinajstić information content (AvgIpc) is 2.26. The summed E-state index contributed by atoms with van der Waals surface area (Å²) in [6.45, 7) is 7.62. The van der Waals surface area contributed by atoms with Crippen LogP contribution in [0.15, 0.2) is 23.1 Å². The number of benzene rings is 1. The van der Waals surface area contributed by atoms with Gasteiger partial charge < -0.3 is 4.74 Å². The lowest BCUT2D eigenvalue weighted by atomic mass is 10.0. The molecular formula is C13H21NO3S. The Labute approximate surface area is 109 Å². The Hall–Kier alpha value is -1.07. The van der Waals surface area contributed by atoms with Crippen LogP contribution in [-0.4, -0.2) is 21.6 Å². The molecule has 1 aromatic carbocycles. The third-order valence-electron chi connectivity index (χ3n) is 2.53. The molecule has 0 aliphatic rings. The van der Waals surface area contributed by atoms with Gasteiger partial charge in [0.2, 0.25) is 10.0 Å². The average molecular weight is 271 g/mol. The van der Waals surface area contributed by atoms with Crippen LogP contribution in [0.25, 0.3) is 0 Å². The number of nitrogens with one attached hydrogen (secondary N) is 1. The summed E-state index contributed by atoms with van der Waals surface area (Å²) in [7, 11) is -2.06. The van der Waals surface area contributed by atoms with Gasteiger partial charge in [0.15, 0.2) is 0 Å². The lowest BCUT2D eigenvalue weighted by molar-refractivity contribution is 0.401. The molecule has 1 N–H and O–H groups in total. The van der Waals surface area contributed by atoms with Crippen LogP contribution in [-0.2, 0) is 10.0 Å². The van der Waals surface area contributed by atoms with Crippen molar-refractivity contribution >= 4 is 10.0 Å². The van der Waals surface area contributed by atoms with Crippen LogP contribution in [0.5, 0.6) is 5.75 Å². The molecule has 18 heavy (non-hydrogen) atoms. The van der Waals surface area contributed by atoms with E-state index < -0.39 is 10.0 Å². The van der Waals surface area contributed by atoms with Crippen molar-refractivity contribution in [1.82, 2.24) is 4.72 Å². The number of rotatable bonds is 5. The van der Waals surface area contributed by atoms with Crippen molar-refractivity contribution in [2.24, 2.45) is 0 Å². The summed E-state index contributed by atoms with van der Waals surface area (Å²) in [5.74, 6) is 0.636. The van der Waals surface area contributed by atoms with Gasteiger partial charge in [-0.15, -0.1) is 0 Å². The Morgan fingerprint density at radius 3 is 2.22 bits per heavy atom. The van der Waals surface area contributed by atoms with E-state index in [1.165, 1.54) is 7.11 Å². The van der Waals surface area contributed by atoms with Crippen LogP contribution in [0.1, 0.15) is 39.2 Å². The molecule has 1 rings (SSSR count). The summed E-state index contributed by atoms with van der Waals surface area (Å²) >= 11 is 0. The van der Waals surface area contributed by atoms with E-state index >= 15 is 0 Å². The van der Waals surface area contributed by atoms with E-state index in [0.717, 1.165) is 5.56 Å². The predicted molar refractivity (Wildman–Crippen MR) is 72.5 cm³/mol. The van der Waals surface area contributed by atoms with E-state index in [-0.39, 0.29) is 16.9 Å². The molecule has 0 aliphatic heterocycles. The van der Waals surface area contributed by atoms with Crippen molar-refractivity contribution in [2.45, 2.75) is 44.6 Å². The van der Waals surface area contributed by atoms with Gasteiger partial charge in [-0.3, -0.25) is 0 Å². The van der Waals surface area contributed by atoms with Gasteiger partial charge in [-0.25, -0.2) is 13.1 Å². The van der Waals surface area contributed by atoms with E-state index in [9.17, 15) is 8.42 Å². The van der Waals surface area contributed by atoms with Gasteiger partial charge in [0.1, 0.15) is 10.6 Å². The second-order valence-corrected chi connectivity index (χ2v) is 6.52. The fraction of sp³-hybridized carbons (Fsp3) is 0.538. The molecule has 0 aromatic heterocycles. The van der Waals surface area contributed by atoms with Gasteiger partial charge in [0, 0.05) is 6.04 Å². The number of ether oxygens (including phenoxy) is 1. The zero-order chi connectivity index (χ0) is 13.9. The standard InChI is InChI=1S/C13H21NO3S/c1-9(2)11-6-7-12(17-5)13(8-11)18(15,16)14-10(3)4/h6-10,14H,1-5H3. The first-order valence-corrected chi connectivity index (χ1v) is 7.46. The quantitative estimate of drug-likeness (QED) is 0.895. The summed E-state index contributed by atoms with van der Waals surface area (Å²) in [6, 6.07) is 5.11. The van der Waals surface area contributed by atoms with E-state index in [2.05, 4.69) is 4.72 Å². The number of hydrogen-bond acceptors (Lipinski definition) is 3. The van der Waals surface area contributed by atoms with Crippen LogP contribution in [0.3, 0.4) is 0 Å². The van der Waals surface area contributed by atoms with Crippen molar-refractivity contribution in [3.8, 4) is 5.75 Å². The molecule has 4 nitrogen and oxygen atoms in total. The predicted octanol–water partition coefficient (Wildman–Crippen LogP) is 2.51. The fourth-order valence-corrected chi connectivity index (χ4v) is 3.09. The topological polar surface area (TPSA) is 55.4 Å². The molecule has 0 unspecified atom stereocenters. The maximum atomic E-state index is 12.2. The molecule has 0 atom stereocenters. The Balaban J connectivity index is 3.32. The molecule has 0 aliphatic carbocycles. The summed E-state index contributed by atoms with van der Waals surface area (Å²) in [5.41, 5.74) is 0.972. The minimum atomic E-state index is -3.53. The van der Waals surface area contributed by atoms with Crippen LogP contribution in [0.4, 0.5) is 0 Å². The molecule has 0 bridgehead atoms.